The Labute approximate surface area is 144 Å². The van der Waals surface area contributed by atoms with E-state index in [0.717, 1.165) is 19.0 Å². The van der Waals surface area contributed by atoms with Crippen molar-refractivity contribution in [2.24, 2.45) is 16.6 Å². The molecule has 1 saturated heterocycles. The molecule has 0 aliphatic carbocycles. The predicted molar refractivity (Wildman–Crippen MR) is 98.0 cm³/mol. The molecule has 0 saturated carbocycles. The molecule has 2 N–H and O–H groups in total. The van der Waals surface area contributed by atoms with E-state index in [1.165, 1.54) is 18.4 Å². The molecule has 1 aliphatic rings. The predicted octanol–water partition coefficient (Wildman–Crippen LogP) is 2.87. The lowest BCUT2D eigenvalue weighted by molar-refractivity contribution is 0.128. The number of hydrogen-bond donors (Lipinski definition) is 1. The van der Waals surface area contributed by atoms with E-state index < -0.39 is 0 Å². The van der Waals surface area contributed by atoms with Crippen molar-refractivity contribution < 1.29 is 4.74 Å². The lowest BCUT2D eigenvalue weighted by Gasteiger charge is -2.31. The first-order chi connectivity index (χ1) is 9.75. The Kier molecular flexibility index (Phi) is 8.68. The molecular formula is C16H26IN3O. The number of nitrogens with two attached hydrogens (primary N) is 1. The van der Waals surface area contributed by atoms with Gasteiger partial charge in [0, 0.05) is 13.1 Å². The SMILES string of the molecule is CC1CCN(C(N)=NCCOCc2ccccc2)CC1.I. The Balaban J connectivity index is 0.00000220. The third kappa shape index (κ3) is 6.65. The minimum atomic E-state index is 0. The summed E-state index contributed by atoms with van der Waals surface area (Å²) in [6.45, 7) is 6.23. The summed E-state index contributed by atoms with van der Waals surface area (Å²) in [6.07, 6.45) is 2.42. The summed E-state index contributed by atoms with van der Waals surface area (Å²) in [5.74, 6) is 1.48. The molecule has 0 spiro atoms. The van der Waals surface area contributed by atoms with Crippen molar-refractivity contribution in [1.82, 2.24) is 4.90 Å². The van der Waals surface area contributed by atoms with Gasteiger partial charge in [0.2, 0.25) is 0 Å². The zero-order valence-electron chi connectivity index (χ0n) is 12.7. The van der Waals surface area contributed by atoms with Gasteiger partial charge in [-0.3, -0.25) is 4.99 Å². The number of rotatable bonds is 5. The van der Waals surface area contributed by atoms with E-state index >= 15 is 0 Å². The smallest absolute Gasteiger partial charge is 0.191 e. The van der Waals surface area contributed by atoms with Gasteiger partial charge in [-0.05, 0) is 24.3 Å². The molecule has 0 aromatic heterocycles. The van der Waals surface area contributed by atoms with Crippen molar-refractivity contribution in [3.8, 4) is 0 Å². The molecule has 21 heavy (non-hydrogen) atoms. The van der Waals surface area contributed by atoms with Gasteiger partial charge in [-0.2, -0.15) is 0 Å². The van der Waals surface area contributed by atoms with Crippen LogP contribution < -0.4 is 5.73 Å². The first kappa shape index (κ1) is 18.2. The maximum atomic E-state index is 6.01. The van der Waals surface area contributed by atoms with Crippen LogP contribution in [0.3, 0.4) is 0 Å². The quantitative estimate of drug-likeness (QED) is 0.356. The molecular weight excluding hydrogens is 377 g/mol. The average Bonchev–Trinajstić information content (AvgIpc) is 2.48. The molecule has 0 amide bonds. The van der Waals surface area contributed by atoms with Gasteiger partial charge >= 0.3 is 0 Å². The lowest BCUT2D eigenvalue weighted by Crippen LogP contribution is -2.42. The van der Waals surface area contributed by atoms with E-state index in [-0.39, 0.29) is 24.0 Å². The van der Waals surface area contributed by atoms with Crippen LogP contribution in [0.5, 0.6) is 0 Å². The monoisotopic (exact) mass is 403 g/mol. The molecule has 1 aromatic carbocycles. The van der Waals surface area contributed by atoms with Gasteiger partial charge in [-0.15, -0.1) is 24.0 Å². The molecule has 4 nitrogen and oxygen atoms in total. The number of benzene rings is 1. The van der Waals surface area contributed by atoms with E-state index in [2.05, 4.69) is 28.9 Å². The first-order valence-electron chi connectivity index (χ1n) is 7.42. The van der Waals surface area contributed by atoms with Gasteiger partial charge in [0.25, 0.3) is 0 Å². The number of hydrogen-bond acceptors (Lipinski definition) is 2. The Hall–Kier alpha value is -0.820. The van der Waals surface area contributed by atoms with Crippen LogP contribution >= 0.6 is 24.0 Å². The number of aliphatic imine (C=N–C) groups is 1. The largest absolute Gasteiger partial charge is 0.375 e. The number of piperidine rings is 1. The summed E-state index contributed by atoms with van der Waals surface area (Å²) in [5, 5.41) is 0. The summed E-state index contributed by atoms with van der Waals surface area (Å²) in [7, 11) is 0. The molecule has 0 unspecified atom stereocenters. The number of ether oxygens (including phenoxy) is 1. The van der Waals surface area contributed by atoms with E-state index in [1.807, 2.05) is 18.2 Å². The van der Waals surface area contributed by atoms with Crippen LogP contribution in [-0.2, 0) is 11.3 Å². The maximum Gasteiger partial charge on any atom is 0.191 e. The van der Waals surface area contributed by atoms with Crippen molar-refractivity contribution in [2.45, 2.75) is 26.4 Å². The standard InChI is InChI=1S/C16H25N3O.HI/c1-14-7-10-19(11-8-14)16(17)18-9-12-20-13-15-5-3-2-4-6-15;/h2-6,14H,7-13H2,1H3,(H2,17,18);1H. The summed E-state index contributed by atoms with van der Waals surface area (Å²) in [6, 6.07) is 10.2. The third-order valence-electron chi connectivity index (χ3n) is 3.73. The zero-order chi connectivity index (χ0) is 14.2. The molecule has 1 aromatic rings. The van der Waals surface area contributed by atoms with Gasteiger partial charge in [-0.25, -0.2) is 0 Å². The van der Waals surface area contributed by atoms with Crippen molar-refractivity contribution in [1.29, 1.82) is 0 Å². The van der Waals surface area contributed by atoms with E-state index in [4.69, 9.17) is 10.5 Å². The Bertz CT molecular complexity index is 417. The first-order valence-corrected chi connectivity index (χ1v) is 7.42. The summed E-state index contributed by atoms with van der Waals surface area (Å²) >= 11 is 0. The summed E-state index contributed by atoms with van der Waals surface area (Å²) < 4.78 is 5.59. The number of guanidine groups is 1. The maximum absolute atomic E-state index is 6.01. The number of nitrogens with zero attached hydrogens (tertiary/aromatic N) is 2. The van der Waals surface area contributed by atoms with Crippen LogP contribution in [0.2, 0.25) is 0 Å². The van der Waals surface area contributed by atoms with Gasteiger partial charge in [0.05, 0.1) is 19.8 Å². The highest BCUT2D eigenvalue weighted by atomic mass is 127. The van der Waals surface area contributed by atoms with Gasteiger partial charge in [0.1, 0.15) is 0 Å². The Morgan fingerprint density at radius 1 is 1.29 bits per heavy atom. The average molecular weight is 403 g/mol. The van der Waals surface area contributed by atoms with E-state index in [0.29, 0.717) is 25.7 Å². The normalized spacial score (nSPS) is 16.6. The van der Waals surface area contributed by atoms with E-state index in [1.54, 1.807) is 0 Å². The summed E-state index contributed by atoms with van der Waals surface area (Å²) in [5.41, 5.74) is 7.20. The second-order valence-corrected chi connectivity index (χ2v) is 5.45. The van der Waals surface area contributed by atoms with Crippen LogP contribution in [0.25, 0.3) is 0 Å². The van der Waals surface area contributed by atoms with Crippen LogP contribution in [0.15, 0.2) is 35.3 Å². The van der Waals surface area contributed by atoms with Crippen LogP contribution in [0, 0.1) is 5.92 Å². The highest BCUT2D eigenvalue weighted by Crippen LogP contribution is 2.15. The minimum absolute atomic E-state index is 0. The minimum Gasteiger partial charge on any atom is -0.375 e. The van der Waals surface area contributed by atoms with E-state index in [9.17, 15) is 0 Å². The Morgan fingerprint density at radius 3 is 2.62 bits per heavy atom. The highest BCUT2D eigenvalue weighted by Gasteiger charge is 2.16. The molecule has 5 heteroatoms. The molecule has 1 aliphatic heterocycles. The molecule has 118 valence electrons. The van der Waals surface area contributed by atoms with Crippen molar-refractivity contribution in [3.63, 3.8) is 0 Å². The lowest BCUT2D eigenvalue weighted by atomic mass is 10.00. The highest BCUT2D eigenvalue weighted by molar-refractivity contribution is 14.0. The Morgan fingerprint density at radius 2 is 1.95 bits per heavy atom. The van der Waals surface area contributed by atoms with Gasteiger partial charge in [0.15, 0.2) is 5.96 Å². The second-order valence-electron chi connectivity index (χ2n) is 5.45. The molecule has 1 fully saturated rings. The van der Waals surface area contributed by atoms with Crippen LogP contribution in [0.4, 0.5) is 0 Å². The molecule has 2 rings (SSSR count). The fraction of sp³-hybridized carbons (Fsp3) is 0.562. The van der Waals surface area contributed by atoms with Gasteiger partial charge < -0.3 is 15.4 Å². The topological polar surface area (TPSA) is 50.8 Å². The summed E-state index contributed by atoms with van der Waals surface area (Å²) in [4.78, 5) is 6.58. The number of halogens is 1. The molecule has 0 atom stereocenters. The van der Waals surface area contributed by atoms with Crippen LogP contribution in [-0.4, -0.2) is 37.1 Å². The van der Waals surface area contributed by atoms with Crippen LogP contribution in [0.1, 0.15) is 25.3 Å². The molecule has 0 bridgehead atoms. The van der Waals surface area contributed by atoms with Crippen molar-refractivity contribution in [2.75, 3.05) is 26.2 Å². The fourth-order valence-corrected chi connectivity index (χ4v) is 2.33. The van der Waals surface area contributed by atoms with Crippen molar-refractivity contribution in [3.05, 3.63) is 35.9 Å². The third-order valence-corrected chi connectivity index (χ3v) is 3.73. The number of likely N-dealkylation sites (tertiary alicyclic amines) is 1. The molecule has 0 radical (unpaired) electrons. The second kappa shape index (κ2) is 10.00. The fourth-order valence-electron chi connectivity index (χ4n) is 2.33. The van der Waals surface area contributed by atoms with Gasteiger partial charge in [-0.1, -0.05) is 37.3 Å². The zero-order valence-corrected chi connectivity index (χ0v) is 15.0. The molecule has 1 heterocycles. The van der Waals surface area contributed by atoms with Crippen molar-refractivity contribution >= 4 is 29.9 Å².